The minimum absolute atomic E-state index is 0.00664. The number of amides is 2. The molecule has 1 aromatic heterocycles. The predicted molar refractivity (Wildman–Crippen MR) is 176 cm³/mol. The van der Waals surface area contributed by atoms with Crippen molar-refractivity contribution in [3.8, 4) is 11.1 Å². The Labute approximate surface area is 276 Å². The molecule has 242 valence electrons. The van der Waals surface area contributed by atoms with E-state index in [2.05, 4.69) is 15.5 Å². The molecule has 0 bridgehead atoms. The summed E-state index contributed by atoms with van der Waals surface area (Å²) in [5.74, 6) is 0.180. The highest BCUT2D eigenvalue weighted by molar-refractivity contribution is 8.01. The third-order valence-corrected chi connectivity index (χ3v) is 9.79. The van der Waals surface area contributed by atoms with Crippen LogP contribution in [0.25, 0.3) is 11.1 Å². The van der Waals surface area contributed by atoms with Gasteiger partial charge in [-0.15, -0.1) is 10.2 Å². The van der Waals surface area contributed by atoms with Crippen LogP contribution in [0.5, 0.6) is 0 Å². The summed E-state index contributed by atoms with van der Waals surface area (Å²) in [5, 5.41) is 30.4. The van der Waals surface area contributed by atoms with Crippen molar-refractivity contribution in [1.82, 2.24) is 21.0 Å². The number of carbonyl (C=O) groups is 2. The number of nitrogens with one attached hydrogen (secondary N) is 2. The number of rotatable bonds is 14. The standard InChI is InChI=1S/C34H38N4O6S2/c1-22-36-37-34(46-22)45-21-28-18-30(25-12-10-23(20-39)11-13-25)44-33(43-28)26-16-14-24(15-17-26)29-7-3-2-6-27(29)19-35-31(40)8-4-5-9-32(41)38-42/h2-3,6-7,10-17,28,30,33,39,42H,4-5,8-9,18-21H2,1H3,(H,35,40)(H,38,41)/t28-,30+,33+/m0/s1. The zero-order valence-corrected chi connectivity index (χ0v) is 27.2. The first-order valence-electron chi connectivity index (χ1n) is 15.2. The van der Waals surface area contributed by atoms with Crippen LogP contribution in [-0.2, 0) is 32.2 Å². The molecule has 1 aliphatic rings. The third-order valence-electron chi connectivity index (χ3n) is 7.68. The fraction of sp³-hybridized carbons (Fsp3) is 0.353. The Hall–Kier alpha value is -3.65. The molecule has 0 spiro atoms. The van der Waals surface area contributed by atoms with Crippen LogP contribution in [0.3, 0.4) is 0 Å². The van der Waals surface area contributed by atoms with Crippen molar-refractivity contribution < 1.29 is 29.4 Å². The highest BCUT2D eigenvalue weighted by atomic mass is 32.2. The number of hydrogen-bond donors (Lipinski definition) is 4. The van der Waals surface area contributed by atoms with Gasteiger partial charge in [-0.3, -0.25) is 14.8 Å². The van der Waals surface area contributed by atoms with Gasteiger partial charge in [-0.2, -0.15) is 0 Å². The quantitative estimate of drug-likeness (QED) is 0.0551. The number of aromatic nitrogens is 2. The summed E-state index contributed by atoms with van der Waals surface area (Å²) in [7, 11) is 0. The van der Waals surface area contributed by atoms with E-state index in [1.165, 1.54) is 0 Å². The van der Waals surface area contributed by atoms with Gasteiger partial charge < -0.3 is 19.9 Å². The van der Waals surface area contributed by atoms with Gasteiger partial charge in [0.2, 0.25) is 11.8 Å². The Morgan fingerprint density at radius 1 is 0.935 bits per heavy atom. The molecule has 10 nitrogen and oxygen atoms in total. The molecule has 3 atom stereocenters. The fourth-order valence-corrected chi connectivity index (χ4v) is 7.07. The lowest BCUT2D eigenvalue weighted by atomic mass is 9.97. The minimum atomic E-state index is -0.565. The number of benzene rings is 3. The molecule has 5 rings (SSSR count). The number of aliphatic hydroxyl groups excluding tert-OH is 1. The molecule has 0 radical (unpaired) electrons. The first kappa shape index (κ1) is 33.7. The summed E-state index contributed by atoms with van der Waals surface area (Å²) < 4.78 is 13.9. The summed E-state index contributed by atoms with van der Waals surface area (Å²) in [5.41, 5.74) is 7.41. The molecule has 0 saturated carbocycles. The Balaban J connectivity index is 1.25. The molecule has 2 heterocycles. The van der Waals surface area contributed by atoms with Crippen molar-refractivity contribution in [2.24, 2.45) is 0 Å². The lowest BCUT2D eigenvalue weighted by molar-refractivity contribution is -0.245. The van der Waals surface area contributed by atoms with Gasteiger partial charge in [0.1, 0.15) is 5.01 Å². The van der Waals surface area contributed by atoms with Crippen LogP contribution in [-0.4, -0.2) is 44.2 Å². The van der Waals surface area contributed by atoms with E-state index in [1.807, 2.05) is 79.7 Å². The van der Waals surface area contributed by atoms with Crippen molar-refractivity contribution in [1.29, 1.82) is 0 Å². The monoisotopic (exact) mass is 662 g/mol. The molecule has 1 aliphatic heterocycles. The molecule has 1 fully saturated rings. The van der Waals surface area contributed by atoms with Crippen LogP contribution in [0.1, 0.15) is 71.8 Å². The fourth-order valence-electron chi connectivity index (χ4n) is 5.21. The SMILES string of the molecule is Cc1nnc(SC[C@@H]2C[C@H](c3ccc(CO)cc3)O[C@H](c3ccc(-c4ccccc4CNC(=O)CCCCC(=O)NO)cc3)O2)s1. The Morgan fingerprint density at radius 3 is 2.35 bits per heavy atom. The van der Waals surface area contributed by atoms with Gasteiger partial charge in [0.15, 0.2) is 10.6 Å². The zero-order chi connectivity index (χ0) is 32.3. The van der Waals surface area contributed by atoms with E-state index in [9.17, 15) is 14.7 Å². The number of nitrogens with zero attached hydrogens (tertiary/aromatic N) is 2. The first-order chi connectivity index (χ1) is 22.4. The topological polar surface area (TPSA) is 143 Å². The number of ether oxygens (including phenoxy) is 2. The van der Waals surface area contributed by atoms with Gasteiger partial charge in [0.25, 0.3) is 0 Å². The summed E-state index contributed by atoms with van der Waals surface area (Å²) in [6, 6.07) is 23.9. The van der Waals surface area contributed by atoms with Crippen LogP contribution in [0.4, 0.5) is 0 Å². The van der Waals surface area contributed by atoms with Crippen LogP contribution in [0.15, 0.2) is 77.1 Å². The second-order valence-corrected chi connectivity index (χ2v) is 13.5. The van der Waals surface area contributed by atoms with E-state index in [0.29, 0.717) is 32.2 Å². The molecule has 1 saturated heterocycles. The lowest BCUT2D eigenvalue weighted by Crippen LogP contribution is -2.31. The number of aliphatic hydroxyl groups is 1. The summed E-state index contributed by atoms with van der Waals surface area (Å²) in [6.07, 6.45) is 1.45. The number of thioether (sulfide) groups is 1. The first-order valence-corrected chi connectivity index (χ1v) is 17.0. The van der Waals surface area contributed by atoms with E-state index in [-0.39, 0.29) is 31.1 Å². The molecular weight excluding hydrogens is 625 g/mol. The van der Waals surface area contributed by atoms with Crippen LogP contribution < -0.4 is 10.8 Å². The normalized spacial score (nSPS) is 17.8. The molecule has 46 heavy (non-hydrogen) atoms. The lowest BCUT2D eigenvalue weighted by Gasteiger charge is -2.36. The van der Waals surface area contributed by atoms with Crippen molar-refractivity contribution in [2.75, 3.05) is 5.75 Å². The Bertz CT molecular complexity index is 1580. The molecular formula is C34H38N4O6S2. The number of aryl methyl sites for hydroxylation is 1. The molecule has 3 aromatic carbocycles. The van der Waals surface area contributed by atoms with Gasteiger partial charge in [-0.25, -0.2) is 5.48 Å². The number of carbonyl (C=O) groups excluding carboxylic acids is 2. The van der Waals surface area contributed by atoms with Crippen molar-refractivity contribution >= 4 is 34.9 Å². The van der Waals surface area contributed by atoms with E-state index >= 15 is 0 Å². The van der Waals surface area contributed by atoms with Gasteiger partial charge in [-0.1, -0.05) is 95.9 Å². The average Bonchev–Trinajstić information content (AvgIpc) is 3.53. The van der Waals surface area contributed by atoms with Crippen LogP contribution in [0, 0.1) is 6.92 Å². The van der Waals surface area contributed by atoms with E-state index < -0.39 is 12.2 Å². The molecule has 0 unspecified atom stereocenters. The smallest absolute Gasteiger partial charge is 0.243 e. The van der Waals surface area contributed by atoms with Gasteiger partial charge in [0.05, 0.1) is 18.8 Å². The number of hydrogen-bond acceptors (Lipinski definition) is 10. The maximum absolute atomic E-state index is 12.4. The van der Waals surface area contributed by atoms with Crippen LogP contribution in [0.2, 0.25) is 0 Å². The van der Waals surface area contributed by atoms with Gasteiger partial charge >= 0.3 is 0 Å². The van der Waals surface area contributed by atoms with Crippen molar-refractivity contribution in [3.05, 3.63) is 100 Å². The molecule has 0 aliphatic carbocycles. The van der Waals surface area contributed by atoms with Crippen LogP contribution >= 0.6 is 23.1 Å². The van der Waals surface area contributed by atoms with E-state index in [0.717, 1.165) is 48.5 Å². The Kier molecular flexibility index (Phi) is 12.3. The predicted octanol–water partition coefficient (Wildman–Crippen LogP) is 6.03. The second-order valence-electron chi connectivity index (χ2n) is 11.0. The average molecular weight is 663 g/mol. The second kappa shape index (κ2) is 16.8. The molecule has 4 N–H and O–H groups in total. The van der Waals surface area contributed by atoms with Gasteiger partial charge in [-0.05, 0) is 47.6 Å². The summed E-state index contributed by atoms with van der Waals surface area (Å²) >= 11 is 3.21. The van der Waals surface area contributed by atoms with Crippen molar-refractivity contribution in [2.45, 2.75) is 75.0 Å². The molecule has 2 amide bonds. The minimum Gasteiger partial charge on any atom is -0.392 e. The van der Waals surface area contributed by atoms with E-state index in [4.69, 9.17) is 14.7 Å². The highest BCUT2D eigenvalue weighted by Crippen LogP contribution is 2.40. The largest absolute Gasteiger partial charge is 0.392 e. The van der Waals surface area contributed by atoms with Crippen molar-refractivity contribution in [3.63, 3.8) is 0 Å². The summed E-state index contributed by atoms with van der Waals surface area (Å²) in [4.78, 5) is 23.6. The third kappa shape index (κ3) is 9.44. The maximum atomic E-state index is 12.4. The van der Waals surface area contributed by atoms with E-state index in [1.54, 1.807) is 28.6 Å². The Morgan fingerprint density at radius 2 is 1.65 bits per heavy atom. The number of hydroxylamine groups is 1. The zero-order valence-electron chi connectivity index (χ0n) is 25.6. The maximum Gasteiger partial charge on any atom is 0.243 e. The van der Waals surface area contributed by atoms with Gasteiger partial charge in [0, 0.05) is 37.1 Å². The highest BCUT2D eigenvalue weighted by Gasteiger charge is 2.32. The number of unbranched alkanes of at least 4 members (excludes halogenated alkanes) is 1. The molecule has 12 heteroatoms. The summed E-state index contributed by atoms with van der Waals surface area (Å²) in [6.45, 7) is 2.32. The molecule has 4 aromatic rings.